The third-order valence-electron chi connectivity index (χ3n) is 12.7. The van der Waals surface area contributed by atoms with Crippen molar-refractivity contribution in [3.63, 3.8) is 0 Å². The van der Waals surface area contributed by atoms with Crippen molar-refractivity contribution in [3.8, 4) is 0 Å². The molecule has 0 fully saturated rings. The van der Waals surface area contributed by atoms with E-state index in [0.717, 1.165) is 38.5 Å². The minimum Gasteiger partial charge on any atom is -0.550 e. The number of aliphatic carboxylic acids is 3. The predicted molar refractivity (Wildman–Crippen MR) is 268 cm³/mol. The van der Waals surface area contributed by atoms with E-state index in [-0.39, 0.29) is 36.3 Å². The molecule has 0 saturated carbocycles. The molecule has 0 aromatic heterocycles. The Bertz CT molecular complexity index is 758. The Morgan fingerprint density at radius 2 is 0.297 bits per heavy atom. The fourth-order valence-corrected chi connectivity index (χ4v) is 8.45. The number of carboxylic acids is 3. The van der Waals surface area contributed by atoms with Crippen molar-refractivity contribution < 1.29 is 46.8 Å². The van der Waals surface area contributed by atoms with Gasteiger partial charge in [-0.25, -0.2) is 0 Å². The molecule has 0 aliphatic heterocycles. The summed E-state index contributed by atoms with van der Waals surface area (Å²) in [4.78, 5) is 30.7. The molecule has 0 N–H and O–H groups in total. The number of carboxylic acid groups (broad SMARTS) is 3. The summed E-state index contributed by atoms with van der Waals surface area (Å²) in [5, 5.41) is 30.7. The van der Waals surface area contributed by atoms with Crippen molar-refractivity contribution in [2.45, 2.75) is 348 Å². The maximum atomic E-state index is 10.2. The molecule has 0 rings (SSSR count). The average molecular weight is 948 g/mol. The first kappa shape index (κ1) is 69.5. The van der Waals surface area contributed by atoms with Crippen LogP contribution >= 0.6 is 0 Å². The number of hydrogen-bond donors (Lipinski definition) is 0. The molecule has 0 heterocycles. The van der Waals surface area contributed by atoms with Gasteiger partial charge in [-0.05, 0) is 38.5 Å². The Hall–Kier alpha value is -1.07. The van der Waals surface area contributed by atoms with E-state index < -0.39 is 17.9 Å². The molecule has 6 nitrogen and oxygen atoms in total. The number of carbonyl (C=O) groups excluding carboxylic acids is 3. The fraction of sp³-hybridized carbons (Fsp3) is 0.947. The summed E-state index contributed by atoms with van der Waals surface area (Å²) >= 11 is 0. The maximum Gasteiger partial charge on any atom is 3.00 e. The molecule has 0 aromatic rings. The van der Waals surface area contributed by atoms with Crippen LogP contribution in [0.5, 0.6) is 0 Å². The molecule has 7 heteroatoms. The van der Waals surface area contributed by atoms with E-state index in [1.54, 1.807) is 0 Å². The largest absolute Gasteiger partial charge is 3.00 e. The monoisotopic (exact) mass is 948 g/mol. The normalized spacial score (nSPS) is 10.7. The van der Waals surface area contributed by atoms with E-state index in [0.29, 0.717) is 0 Å². The van der Waals surface area contributed by atoms with E-state index >= 15 is 0 Å². The van der Waals surface area contributed by atoms with E-state index in [9.17, 15) is 29.7 Å². The van der Waals surface area contributed by atoms with Crippen LogP contribution in [-0.2, 0) is 31.5 Å². The third kappa shape index (κ3) is 78.1. The second-order valence-corrected chi connectivity index (χ2v) is 19.3. The zero-order valence-electron chi connectivity index (χ0n) is 43.4. The van der Waals surface area contributed by atoms with Crippen molar-refractivity contribution in [2.75, 3.05) is 0 Å². The van der Waals surface area contributed by atoms with Crippen molar-refractivity contribution in [1.29, 1.82) is 0 Å². The smallest absolute Gasteiger partial charge is 0.550 e. The maximum absolute atomic E-state index is 10.2. The van der Waals surface area contributed by atoms with Gasteiger partial charge in [-0.2, -0.15) is 0 Å². The Balaban J connectivity index is -0.000000419. The second kappa shape index (κ2) is 66.2. The van der Waals surface area contributed by atoms with E-state index in [1.165, 1.54) is 270 Å². The number of unbranched alkanes of at least 4 members (excludes halogenated alkanes) is 45. The van der Waals surface area contributed by atoms with E-state index in [1.807, 2.05) is 0 Å². The first-order valence-corrected chi connectivity index (χ1v) is 28.4. The van der Waals surface area contributed by atoms with E-state index in [4.69, 9.17) is 0 Å². The molecular formula is C57H111FeO6. The van der Waals surface area contributed by atoms with Crippen LogP contribution in [0.2, 0.25) is 0 Å². The van der Waals surface area contributed by atoms with Gasteiger partial charge >= 0.3 is 17.1 Å². The van der Waals surface area contributed by atoms with Gasteiger partial charge in [-0.3, -0.25) is 0 Å². The van der Waals surface area contributed by atoms with Gasteiger partial charge in [0.05, 0.1) is 0 Å². The Morgan fingerprint density at radius 3 is 0.391 bits per heavy atom. The topological polar surface area (TPSA) is 120 Å². The van der Waals surface area contributed by atoms with Crippen LogP contribution in [0.15, 0.2) is 0 Å². The minimum atomic E-state index is -0.902. The molecule has 0 aliphatic carbocycles. The molecule has 0 saturated heterocycles. The summed E-state index contributed by atoms with van der Waals surface area (Å²) < 4.78 is 0. The number of rotatable bonds is 51. The second-order valence-electron chi connectivity index (χ2n) is 19.3. The fourth-order valence-electron chi connectivity index (χ4n) is 8.45. The number of carbonyl (C=O) groups is 3. The van der Waals surface area contributed by atoms with Crippen LogP contribution in [0, 0.1) is 0 Å². The molecular weight excluding hydrogens is 836 g/mol. The van der Waals surface area contributed by atoms with Gasteiger partial charge in [0.2, 0.25) is 0 Å². The Morgan fingerprint density at radius 1 is 0.203 bits per heavy atom. The van der Waals surface area contributed by atoms with Gasteiger partial charge < -0.3 is 29.7 Å². The zero-order valence-corrected chi connectivity index (χ0v) is 44.5. The SMILES string of the molecule is CCCCCCCCCCCCCCCCCCC(=O)[O-].CCCCCCCCCCCCCCCCCCC(=O)[O-].CCCCCCCCCCCCCCCCCCC(=O)[O-].[Fe+3]. The summed E-state index contributed by atoms with van der Waals surface area (Å²) in [6.45, 7) is 6.81. The molecule has 0 aromatic carbocycles. The molecule has 0 bridgehead atoms. The first-order valence-electron chi connectivity index (χ1n) is 28.4. The molecule has 0 aliphatic rings. The van der Waals surface area contributed by atoms with Gasteiger partial charge in [0.25, 0.3) is 0 Å². The average Bonchev–Trinajstić information content (AvgIpc) is 3.26. The van der Waals surface area contributed by atoms with Gasteiger partial charge in [0.1, 0.15) is 0 Å². The van der Waals surface area contributed by atoms with Crippen LogP contribution in [0.1, 0.15) is 348 Å². The predicted octanol–water partition coefficient (Wildman–Crippen LogP) is 16.2. The Labute approximate surface area is 411 Å². The summed E-state index contributed by atoms with van der Waals surface area (Å²) in [5.41, 5.74) is 0. The summed E-state index contributed by atoms with van der Waals surface area (Å²) in [6, 6.07) is 0. The molecule has 64 heavy (non-hydrogen) atoms. The summed E-state index contributed by atoms with van der Waals surface area (Å²) in [6.07, 6.45) is 64.0. The molecule has 1 radical (unpaired) electrons. The van der Waals surface area contributed by atoms with Crippen molar-refractivity contribution in [1.82, 2.24) is 0 Å². The minimum absolute atomic E-state index is 0. The van der Waals surface area contributed by atoms with Crippen molar-refractivity contribution >= 4 is 17.9 Å². The molecule has 0 unspecified atom stereocenters. The van der Waals surface area contributed by atoms with Crippen LogP contribution in [0.25, 0.3) is 0 Å². The molecule has 0 spiro atoms. The summed E-state index contributed by atoms with van der Waals surface area (Å²) in [7, 11) is 0. The van der Waals surface area contributed by atoms with Gasteiger partial charge in [0, 0.05) is 17.9 Å². The Kier molecular flexibility index (Phi) is 71.9. The third-order valence-corrected chi connectivity index (χ3v) is 12.7. The molecule has 0 amide bonds. The van der Waals surface area contributed by atoms with Gasteiger partial charge in [0.15, 0.2) is 0 Å². The van der Waals surface area contributed by atoms with Crippen molar-refractivity contribution in [2.24, 2.45) is 0 Å². The summed E-state index contributed by atoms with van der Waals surface area (Å²) in [5.74, 6) is -2.71. The molecule has 0 atom stereocenters. The van der Waals surface area contributed by atoms with E-state index in [2.05, 4.69) is 20.8 Å². The number of hydrogen-bond acceptors (Lipinski definition) is 6. The standard InChI is InChI=1S/3C19H38O2.Fe/c3*1-2-3-4-5-6-7-8-9-10-11-12-13-14-15-16-17-18-19(20)21;/h3*2-18H2,1H3,(H,20,21);/q;;;+3/p-3. The van der Waals surface area contributed by atoms with Crippen LogP contribution in [0.3, 0.4) is 0 Å². The zero-order chi connectivity index (χ0) is 46.8. The first-order chi connectivity index (χ1) is 30.8. The molecule has 383 valence electrons. The van der Waals surface area contributed by atoms with Gasteiger partial charge in [-0.15, -0.1) is 0 Å². The van der Waals surface area contributed by atoms with Crippen molar-refractivity contribution in [3.05, 3.63) is 0 Å². The quantitative estimate of drug-likeness (QED) is 0.0442. The van der Waals surface area contributed by atoms with Crippen LogP contribution < -0.4 is 15.3 Å². The van der Waals surface area contributed by atoms with Crippen LogP contribution in [0.4, 0.5) is 0 Å². The van der Waals surface area contributed by atoms with Crippen LogP contribution in [-0.4, -0.2) is 17.9 Å². The van der Waals surface area contributed by atoms with Gasteiger partial charge in [-0.1, -0.05) is 310 Å².